The van der Waals surface area contributed by atoms with Crippen molar-refractivity contribution in [1.82, 2.24) is 0 Å². The van der Waals surface area contributed by atoms with E-state index in [9.17, 15) is 14.3 Å². The number of benzene rings is 1. The van der Waals surface area contributed by atoms with E-state index in [0.717, 1.165) is 11.3 Å². The Bertz CT molecular complexity index is 648. The van der Waals surface area contributed by atoms with Crippen molar-refractivity contribution in [2.45, 2.75) is 12.5 Å². The number of rotatable bonds is 4. The maximum Gasteiger partial charge on any atom is 0.336 e. The molecule has 1 unspecified atom stereocenters. The monoisotopic (exact) mass is 296 g/mol. The average molecular weight is 296 g/mol. The Labute approximate surface area is 119 Å². The lowest BCUT2D eigenvalue weighted by Crippen LogP contribution is -2.26. The zero-order valence-corrected chi connectivity index (χ0v) is 11.7. The molecule has 0 bridgehead atoms. The number of aliphatic hydroxyl groups is 1. The second-order valence-electron chi connectivity index (χ2n) is 4.36. The van der Waals surface area contributed by atoms with Crippen LogP contribution in [0.3, 0.4) is 0 Å². The highest BCUT2D eigenvalue weighted by Crippen LogP contribution is 2.40. The van der Waals surface area contributed by atoms with Gasteiger partial charge in [-0.3, -0.25) is 0 Å². The van der Waals surface area contributed by atoms with Gasteiger partial charge in [-0.05, 0) is 30.5 Å². The van der Waals surface area contributed by atoms with Gasteiger partial charge in [-0.1, -0.05) is 6.07 Å². The summed E-state index contributed by atoms with van der Waals surface area (Å²) in [5.74, 6) is -1.66. The molecule has 2 N–H and O–H groups in total. The van der Waals surface area contributed by atoms with Crippen LogP contribution in [0.4, 0.5) is 4.39 Å². The molecule has 1 heterocycles. The summed E-state index contributed by atoms with van der Waals surface area (Å²) in [5.41, 5.74) is -1.92. The van der Waals surface area contributed by atoms with Crippen molar-refractivity contribution in [3.05, 3.63) is 51.5 Å². The summed E-state index contributed by atoms with van der Waals surface area (Å²) in [6.07, 6.45) is 0. The largest absolute Gasteiger partial charge is 0.496 e. The molecule has 0 radical (unpaired) electrons. The van der Waals surface area contributed by atoms with Crippen molar-refractivity contribution in [2.24, 2.45) is 0 Å². The third-order valence-electron chi connectivity index (χ3n) is 3.02. The summed E-state index contributed by atoms with van der Waals surface area (Å²) in [4.78, 5) is 11.3. The zero-order valence-electron chi connectivity index (χ0n) is 10.9. The lowest BCUT2D eigenvalue weighted by atomic mass is 9.90. The summed E-state index contributed by atoms with van der Waals surface area (Å²) in [6.45, 7) is 1.35. The van der Waals surface area contributed by atoms with Gasteiger partial charge in [0, 0.05) is 0 Å². The van der Waals surface area contributed by atoms with Crippen molar-refractivity contribution >= 4 is 17.3 Å². The highest BCUT2D eigenvalue weighted by atomic mass is 32.1. The van der Waals surface area contributed by atoms with Crippen LogP contribution < -0.4 is 4.74 Å². The van der Waals surface area contributed by atoms with Gasteiger partial charge in [-0.15, -0.1) is 11.3 Å². The number of ether oxygens (including phenoxy) is 1. The van der Waals surface area contributed by atoms with Gasteiger partial charge in [0.05, 0.1) is 23.1 Å². The molecule has 0 saturated heterocycles. The van der Waals surface area contributed by atoms with E-state index >= 15 is 0 Å². The number of carbonyl (C=O) groups is 1. The Morgan fingerprint density at radius 1 is 1.40 bits per heavy atom. The molecule has 0 aliphatic rings. The van der Waals surface area contributed by atoms with Gasteiger partial charge in [-0.2, -0.15) is 0 Å². The Morgan fingerprint density at radius 2 is 2.10 bits per heavy atom. The lowest BCUT2D eigenvalue weighted by Gasteiger charge is -2.26. The first-order valence-corrected chi connectivity index (χ1v) is 6.64. The third-order valence-corrected chi connectivity index (χ3v) is 4.15. The Kier molecular flexibility index (Phi) is 3.78. The fraction of sp³-hybridized carbons (Fsp3) is 0.214. The van der Waals surface area contributed by atoms with E-state index in [2.05, 4.69) is 0 Å². The number of carboxylic acid groups (broad SMARTS) is 1. The smallest absolute Gasteiger partial charge is 0.336 e. The first kappa shape index (κ1) is 14.5. The summed E-state index contributed by atoms with van der Waals surface area (Å²) >= 11 is 1.05. The van der Waals surface area contributed by atoms with Gasteiger partial charge in [0.2, 0.25) is 0 Å². The van der Waals surface area contributed by atoms with Crippen LogP contribution in [0.25, 0.3) is 0 Å². The molecule has 2 rings (SSSR count). The number of carboxylic acids is 1. The van der Waals surface area contributed by atoms with E-state index in [1.807, 2.05) is 0 Å². The second-order valence-corrected chi connectivity index (χ2v) is 5.27. The fourth-order valence-electron chi connectivity index (χ4n) is 2.12. The molecule has 0 spiro atoms. The maximum atomic E-state index is 14.1. The molecule has 1 aromatic heterocycles. The first-order valence-electron chi connectivity index (χ1n) is 5.76. The number of halogens is 1. The van der Waals surface area contributed by atoms with Crippen molar-refractivity contribution < 1.29 is 24.1 Å². The third kappa shape index (κ3) is 2.28. The van der Waals surface area contributed by atoms with Crippen molar-refractivity contribution in [3.63, 3.8) is 0 Å². The molecule has 1 atom stereocenters. The van der Waals surface area contributed by atoms with E-state index in [1.165, 1.54) is 38.3 Å². The van der Waals surface area contributed by atoms with E-state index in [-0.39, 0.29) is 21.8 Å². The Morgan fingerprint density at radius 3 is 2.70 bits per heavy atom. The van der Waals surface area contributed by atoms with Crippen molar-refractivity contribution in [2.75, 3.05) is 7.11 Å². The first-order chi connectivity index (χ1) is 9.39. The van der Waals surface area contributed by atoms with E-state index in [4.69, 9.17) is 9.84 Å². The number of aromatic carboxylic acids is 1. The molecule has 106 valence electrons. The van der Waals surface area contributed by atoms with Crippen LogP contribution in [0.15, 0.2) is 29.6 Å². The predicted octanol–water partition coefficient (Wildman–Crippen LogP) is 2.85. The number of hydrogen-bond acceptors (Lipinski definition) is 4. The minimum atomic E-state index is -1.79. The topological polar surface area (TPSA) is 66.8 Å². The summed E-state index contributed by atoms with van der Waals surface area (Å²) in [7, 11) is 1.36. The predicted molar refractivity (Wildman–Crippen MR) is 72.9 cm³/mol. The van der Waals surface area contributed by atoms with Crippen LogP contribution in [0, 0.1) is 5.82 Å². The van der Waals surface area contributed by atoms with Gasteiger partial charge in [0.15, 0.2) is 0 Å². The molecule has 4 nitrogen and oxygen atoms in total. The Hall–Kier alpha value is -1.92. The number of methoxy groups -OCH3 is 1. The molecule has 0 amide bonds. The highest BCUT2D eigenvalue weighted by Gasteiger charge is 2.36. The molecule has 6 heteroatoms. The Balaban J connectivity index is 2.66. The number of hydrogen-bond donors (Lipinski definition) is 2. The molecule has 20 heavy (non-hydrogen) atoms. The van der Waals surface area contributed by atoms with Gasteiger partial charge in [0.1, 0.15) is 17.2 Å². The van der Waals surface area contributed by atoms with Crippen LogP contribution in [-0.4, -0.2) is 23.3 Å². The van der Waals surface area contributed by atoms with Gasteiger partial charge in [0.25, 0.3) is 0 Å². The summed E-state index contributed by atoms with van der Waals surface area (Å²) < 4.78 is 19.1. The molecular formula is C14H13FO4S. The van der Waals surface area contributed by atoms with Gasteiger partial charge >= 0.3 is 5.97 Å². The highest BCUT2D eigenvalue weighted by molar-refractivity contribution is 7.10. The van der Waals surface area contributed by atoms with Gasteiger partial charge in [-0.25, -0.2) is 9.18 Å². The van der Waals surface area contributed by atoms with Crippen LogP contribution >= 0.6 is 11.3 Å². The maximum absolute atomic E-state index is 14.1. The lowest BCUT2D eigenvalue weighted by molar-refractivity contribution is 0.0668. The molecule has 0 aliphatic heterocycles. The quantitative estimate of drug-likeness (QED) is 0.910. The molecule has 2 aromatic rings. The normalized spacial score (nSPS) is 13.8. The zero-order chi connectivity index (χ0) is 14.9. The molecule has 0 aliphatic carbocycles. The average Bonchev–Trinajstić information content (AvgIpc) is 2.88. The summed E-state index contributed by atoms with van der Waals surface area (Å²) in [6, 6.07) is 5.55. The summed E-state index contributed by atoms with van der Waals surface area (Å²) in [5, 5.41) is 21.4. The van der Waals surface area contributed by atoms with Gasteiger partial charge < -0.3 is 14.9 Å². The van der Waals surface area contributed by atoms with Crippen LogP contribution in [0.5, 0.6) is 5.75 Å². The molecule has 0 fully saturated rings. The van der Waals surface area contributed by atoms with E-state index in [1.54, 1.807) is 5.38 Å². The van der Waals surface area contributed by atoms with Crippen LogP contribution in [0.1, 0.15) is 27.7 Å². The van der Waals surface area contributed by atoms with E-state index in [0.29, 0.717) is 0 Å². The molecule has 0 saturated carbocycles. The number of thiophene rings is 1. The minimum Gasteiger partial charge on any atom is -0.496 e. The van der Waals surface area contributed by atoms with Crippen molar-refractivity contribution in [3.8, 4) is 5.75 Å². The SMILES string of the molecule is COc1cccc(F)c1C(C)(O)c1sccc1C(=O)O. The standard InChI is InChI=1S/C14H13FO4S/c1-14(18,12-8(13(16)17)6-7-20-12)11-9(15)4-3-5-10(11)19-2/h3-7,18H,1-2H3,(H,16,17). The van der Waals surface area contributed by atoms with Crippen molar-refractivity contribution in [1.29, 1.82) is 0 Å². The minimum absolute atomic E-state index is 0.0506. The molecule has 1 aromatic carbocycles. The second kappa shape index (κ2) is 5.22. The fourth-order valence-corrected chi connectivity index (χ4v) is 3.07. The molecular weight excluding hydrogens is 283 g/mol. The van der Waals surface area contributed by atoms with E-state index < -0.39 is 17.4 Å². The van der Waals surface area contributed by atoms with Crippen LogP contribution in [0.2, 0.25) is 0 Å². The van der Waals surface area contributed by atoms with Crippen LogP contribution in [-0.2, 0) is 5.60 Å².